The van der Waals surface area contributed by atoms with Gasteiger partial charge in [0.05, 0.1) is 0 Å². The van der Waals surface area contributed by atoms with Crippen LogP contribution in [0.4, 0.5) is 11.6 Å². The molecule has 4 nitrogen and oxygen atoms in total. The maximum absolute atomic E-state index is 10.9. The first-order chi connectivity index (χ1) is 8.69. The predicted octanol–water partition coefficient (Wildman–Crippen LogP) is 2.68. The lowest BCUT2D eigenvalue weighted by atomic mass is 9.95. The fraction of sp³-hybridized carbons (Fsp3) is 0.143. The molecule has 2 aliphatic rings. The third-order valence-electron chi connectivity index (χ3n) is 2.58. The zero-order valence-electron chi connectivity index (χ0n) is 10.2. The van der Waals surface area contributed by atoms with Crippen molar-refractivity contribution in [1.82, 2.24) is 4.98 Å². The number of hydrogen-bond acceptors (Lipinski definition) is 3. The lowest BCUT2D eigenvalue weighted by Crippen LogP contribution is -2.11. The summed E-state index contributed by atoms with van der Waals surface area (Å²) < 4.78 is 0. The topological polar surface area (TPSA) is 68.0 Å². The van der Waals surface area contributed by atoms with Crippen molar-refractivity contribution in [3.63, 3.8) is 0 Å². The van der Waals surface area contributed by atoms with Gasteiger partial charge >= 0.3 is 0 Å². The second-order valence-corrected chi connectivity index (χ2v) is 3.93. The summed E-state index contributed by atoms with van der Waals surface area (Å²) in [7, 11) is 0. The first-order valence-electron chi connectivity index (χ1n) is 5.82. The molecule has 0 unspecified atom stereocenters. The third kappa shape index (κ3) is 2.85. The molecule has 1 aromatic heterocycles. The highest BCUT2D eigenvalue weighted by Crippen LogP contribution is 2.29. The number of nitrogens with one attached hydrogen (secondary N) is 1. The summed E-state index contributed by atoms with van der Waals surface area (Å²) in [6.45, 7) is 1.78. The molecule has 3 rings (SSSR count). The van der Waals surface area contributed by atoms with Gasteiger partial charge in [0.2, 0.25) is 5.91 Å². The summed E-state index contributed by atoms with van der Waals surface area (Å²) in [6.07, 6.45) is 0.441. The largest absolute Gasteiger partial charge is 0.384 e. The van der Waals surface area contributed by atoms with Crippen LogP contribution in [0.25, 0.3) is 11.1 Å². The highest BCUT2D eigenvalue weighted by Gasteiger charge is 2.04. The van der Waals surface area contributed by atoms with E-state index < -0.39 is 0 Å². The van der Waals surface area contributed by atoms with Crippen molar-refractivity contribution in [2.45, 2.75) is 13.3 Å². The molecule has 0 aliphatic heterocycles. The number of carbonyl (C=O) groups is 1. The number of nitrogens with two attached hydrogens (primary N) is 1. The van der Waals surface area contributed by atoms with Crippen LogP contribution < -0.4 is 11.1 Å². The van der Waals surface area contributed by atoms with E-state index >= 15 is 0 Å². The van der Waals surface area contributed by atoms with Gasteiger partial charge in [-0.2, -0.15) is 0 Å². The van der Waals surface area contributed by atoms with Gasteiger partial charge in [-0.1, -0.05) is 37.3 Å². The van der Waals surface area contributed by atoms with Crippen molar-refractivity contribution < 1.29 is 4.79 Å². The van der Waals surface area contributed by atoms with Crippen LogP contribution in [0.3, 0.4) is 0 Å². The van der Waals surface area contributed by atoms with Gasteiger partial charge in [0.25, 0.3) is 0 Å². The molecule has 0 saturated heterocycles. The average molecular weight is 241 g/mol. The van der Waals surface area contributed by atoms with E-state index in [0.29, 0.717) is 18.1 Å². The average Bonchev–Trinajstić information content (AvgIpc) is 2.34. The summed E-state index contributed by atoms with van der Waals surface area (Å²) in [6, 6.07) is 13.6. The van der Waals surface area contributed by atoms with Crippen LogP contribution in [0.2, 0.25) is 0 Å². The zero-order valence-corrected chi connectivity index (χ0v) is 10.2. The molecule has 0 radical (unpaired) electrons. The van der Waals surface area contributed by atoms with E-state index in [1.54, 1.807) is 25.1 Å². The Morgan fingerprint density at radius 3 is 2.17 bits per heavy atom. The Balaban J connectivity index is 0.000000164. The maximum Gasteiger partial charge on any atom is 0.225 e. The van der Waals surface area contributed by atoms with E-state index in [-0.39, 0.29) is 5.91 Å². The SMILES string of the molecule is CCC(=O)Nc1cccc(N)n1.c1cc2ccc1-2. The second-order valence-electron chi connectivity index (χ2n) is 3.93. The molecule has 2 aliphatic carbocycles. The van der Waals surface area contributed by atoms with Crippen molar-refractivity contribution in [1.29, 1.82) is 0 Å². The molecule has 0 spiro atoms. The van der Waals surface area contributed by atoms with Gasteiger partial charge in [0.1, 0.15) is 11.6 Å². The Bertz CT molecular complexity index is 528. The van der Waals surface area contributed by atoms with Crippen molar-refractivity contribution in [2.75, 3.05) is 11.1 Å². The number of rotatable bonds is 2. The van der Waals surface area contributed by atoms with E-state index in [4.69, 9.17) is 5.73 Å². The van der Waals surface area contributed by atoms with Crippen LogP contribution >= 0.6 is 0 Å². The van der Waals surface area contributed by atoms with Gasteiger partial charge in [-0.25, -0.2) is 4.98 Å². The minimum Gasteiger partial charge on any atom is -0.384 e. The first kappa shape index (κ1) is 12.1. The minimum absolute atomic E-state index is 0.0619. The van der Waals surface area contributed by atoms with Crippen LogP contribution in [0.5, 0.6) is 0 Å². The molecule has 18 heavy (non-hydrogen) atoms. The lowest BCUT2D eigenvalue weighted by Gasteiger charge is -2.10. The van der Waals surface area contributed by atoms with Crippen LogP contribution in [-0.2, 0) is 4.79 Å². The van der Waals surface area contributed by atoms with Gasteiger partial charge in [-0.05, 0) is 23.3 Å². The van der Waals surface area contributed by atoms with Gasteiger partial charge in [0, 0.05) is 6.42 Å². The number of anilines is 2. The van der Waals surface area contributed by atoms with Gasteiger partial charge in [-0.15, -0.1) is 0 Å². The fourth-order valence-corrected chi connectivity index (χ4v) is 1.41. The van der Waals surface area contributed by atoms with Crippen molar-refractivity contribution in [3.8, 4) is 11.1 Å². The second kappa shape index (κ2) is 5.31. The van der Waals surface area contributed by atoms with Crippen LogP contribution in [-0.4, -0.2) is 10.9 Å². The molecule has 0 bridgehead atoms. The summed E-state index contributed by atoms with van der Waals surface area (Å²) in [5, 5.41) is 2.60. The molecule has 0 atom stereocenters. The summed E-state index contributed by atoms with van der Waals surface area (Å²) >= 11 is 0. The molecule has 1 heterocycles. The number of hydrogen-bond donors (Lipinski definition) is 2. The molecule has 3 N–H and O–H groups in total. The van der Waals surface area contributed by atoms with E-state index in [1.807, 2.05) is 0 Å². The molecule has 0 fully saturated rings. The highest BCUT2D eigenvalue weighted by molar-refractivity contribution is 5.89. The number of carbonyl (C=O) groups excluding carboxylic acids is 1. The van der Waals surface area contributed by atoms with Crippen LogP contribution in [0, 0.1) is 0 Å². The number of fused-ring (bicyclic) bond motifs is 1. The molecular weight excluding hydrogens is 226 g/mol. The quantitative estimate of drug-likeness (QED) is 0.724. The summed E-state index contributed by atoms with van der Waals surface area (Å²) in [5.41, 5.74) is 8.27. The maximum atomic E-state index is 10.9. The van der Waals surface area contributed by atoms with E-state index in [2.05, 4.69) is 34.6 Å². The normalized spacial score (nSPS) is 10.1. The molecule has 0 saturated carbocycles. The number of amides is 1. The Morgan fingerprint density at radius 2 is 1.78 bits per heavy atom. The summed E-state index contributed by atoms with van der Waals surface area (Å²) in [4.78, 5) is 14.8. The van der Waals surface area contributed by atoms with Crippen LogP contribution in [0.1, 0.15) is 13.3 Å². The van der Waals surface area contributed by atoms with Gasteiger partial charge in [-0.3, -0.25) is 4.79 Å². The number of nitrogen functional groups attached to an aromatic ring is 1. The zero-order chi connectivity index (χ0) is 13.0. The number of benzene rings is 1. The monoisotopic (exact) mass is 241 g/mol. The fourth-order valence-electron chi connectivity index (χ4n) is 1.41. The number of pyridine rings is 1. The molecule has 0 aromatic carbocycles. The van der Waals surface area contributed by atoms with E-state index in [1.165, 1.54) is 11.1 Å². The molecule has 1 aromatic rings. The predicted molar refractivity (Wildman–Crippen MR) is 73.0 cm³/mol. The van der Waals surface area contributed by atoms with Crippen molar-refractivity contribution >= 4 is 17.5 Å². The summed E-state index contributed by atoms with van der Waals surface area (Å²) in [5.74, 6) is 0.846. The van der Waals surface area contributed by atoms with Gasteiger partial charge in [0.15, 0.2) is 0 Å². The third-order valence-corrected chi connectivity index (χ3v) is 2.58. The Hall–Kier alpha value is -2.36. The van der Waals surface area contributed by atoms with Crippen molar-refractivity contribution in [2.24, 2.45) is 0 Å². The first-order valence-corrected chi connectivity index (χ1v) is 5.82. The number of aromatic nitrogens is 1. The molecule has 4 heteroatoms. The molecule has 1 amide bonds. The number of nitrogens with zero attached hydrogens (tertiary/aromatic N) is 1. The smallest absolute Gasteiger partial charge is 0.225 e. The standard InChI is InChI=1S/C8H11N3O.C6H4/c1-2-8(12)11-7-5-3-4-6(9)10-7;1-2-6-4-3-5(1)6/h3-5H,2H2,1H3,(H3,9,10,11,12);1-4H. The Morgan fingerprint density at radius 1 is 1.17 bits per heavy atom. The molecular formula is C14H15N3O. The van der Waals surface area contributed by atoms with Crippen molar-refractivity contribution in [3.05, 3.63) is 42.5 Å². The lowest BCUT2D eigenvalue weighted by molar-refractivity contribution is -0.115. The Labute approximate surface area is 106 Å². The molecule has 92 valence electrons. The van der Waals surface area contributed by atoms with E-state index in [0.717, 1.165) is 0 Å². The Kier molecular flexibility index (Phi) is 3.57. The van der Waals surface area contributed by atoms with Crippen LogP contribution in [0.15, 0.2) is 42.5 Å². The minimum atomic E-state index is -0.0619. The highest BCUT2D eigenvalue weighted by atomic mass is 16.1. The van der Waals surface area contributed by atoms with E-state index in [9.17, 15) is 4.79 Å². The van der Waals surface area contributed by atoms with Gasteiger partial charge < -0.3 is 11.1 Å².